The number of benzene rings is 2. The number of sulfonamides is 1. The number of hydrogen-bond acceptors (Lipinski definition) is 4. The smallest absolute Gasteiger partial charge is 0.264 e. The number of para-hydroxylation sites is 1. The first-order valence-electron chi connectivity index (χ1n) is 8.48. The van der Waals surface area contributed by atoms with E-state index in [-0.39, 0.29) is 23.4 Å². The number of carbonyl (C=O) groups is 1. The van der Waals surface area contributed by atoms with Gasteiger partial charge in [-0.2, -0.15) is 0 Å². The van der Waals surface area contributed by atoms with Gasteiger partial charge in [0.1, 0.15) is 0 Å². The maximum atomic E-state index is 13.1. The predicted molar refractivity (Wildman–Crippen MR) is 104 cm³/mol. The summed E-state index contributed by atoms with van der Waals surface area (Å²) in [6, 6.07) is 14.9. The number of carbonyl (C=O) groups excluding carboxylic acids is 1. The van der Waals surface area contributed by atoms with Gasteiger partial charge in [0.05, 0.1) is 10.6 Å². The second-order valence-electron chi connectivity index (χ2n) is 6.03. The van der Waals surface area contributed by atoms with Crippen LogP contribution in [0.2, 0.25) is 0 Å². The van der Waals surface area contributed by atoms with Crippen molar-refractivity contribution < 1.29 is 13.2 Å². The van der Waals surface area contributed by atoms with Crippen LogP contribution in [0.15, 0.2) is 59.5 Å². The summed E-state index contributed by atoms with van der Waals surface area (Å²) < 4.78 is 27.5. The van der Waals surface area contributed by atoms with Gasteiger partial charge in [-0.05, 0) is 44.2 Å². The van der Waals surface area contributed by atoms with Crippen molar-refractivity contribution in [2.75, 3.05) is 24.4 Å². The van der Waals surface area contributed by atoms with Crippen LogP contribution in [0.1, 0.15) is 24.2 Å². The number of nitrogens with two attached hydrogens (primary N) is 1. The second kappa shape index (κ2) is 8.33. The number of nitrogens with zero attached hydrogens (tertiary/aromatic N) is 2. The van der Waals surface area contributed by atoms with Crippen LogP contribution in [0.3, 0.4) is 0 Å². The molecule has 2 N–H and O–H groups in total. The Hall–Kier alpha value is -2.38. The SMILES string of the molecule is CCN(c1ccccc1)S(=O)(=O)c1cccc(C(=O)N(C)C(C)CN)c1. The average Bonchev–Trinajstić information content (AvgIpc) is 2.67. The quantitative estimate of drug-likeness (QED) is 0.805. The van der Waals surface area contributed by atoms with Crippen molar-refractivity contribution in [3.8, 4) is 0 Å². The first kappa shape index (κ1) is 19.9. The van der Waals surface area contributed by atoms with Gasteiger partial charge in [-0.1, -0.05) is 24.3 Å². The summed E-state index contributed by atoms with van der Waals surface area (Å²) in [7, 11) is -2.12. The number of rotatable bonds is 7. The molecule has 1 atom stereocenters. The van der Waals surface area contributed by atoms with Crippen LogP contribution >= 0.6 is 0 Å². The minimum Gasteiger partial charge on any atom is -0.338 e. The molecule has 2 aromatic rings. The molecule has 140 valence electrons. The van der Waals surface area contributed by atoms with Crippen molar-refractivity contribution in [3.05, 3.63) is 60.2 Å². The van der Waals surface area contributed by atoms with E-state index < -0.39 is 10.0 Å². The van der Waals surface area contributed by atoms with E-state index in [1.807, 2.05) is 13.0 Å². The van der Waals surface area contributed by atoms with Crippen LogP contribution in [0.25, 0.3) is 0 Å². The van der Waals surface area contributed by atoms with E-state index in [2.05, 4.69) is 0 Å². The minimum atomic E-state index is -3.77. The Balaban J connectivity index is 2.41. The first-order chi connectivity index (χ1) is 12.3. The monoisotopic (exact) mass is 375 g/mol. The molecule has 0 radical (unpaired) electrons. The average molecular weight is 375 g/mol. The Kier molecular flexibility index (Phi) is 6.39. The molecule has 1 unspecified atom stereocenters. The lowest BCUT2D eigenvalue weighted by molar-refractivity contribution is 0.0748. The van der Waals surface area contributed by atoms with E-state index in [9.17, 15) is 13.2 Å². The number of amides is 1. The molecule has 6 nitrogen and oxygen atoms in total. The lowest BCUT2D eigenvalue weighted by Gasteiger charge is -2.25. The molecule has 0 aromatic heterocycles. The topological polar surface area (TPSA) is 83.7 Å². The zero-order chi connectivity index (χ0) is 19.3. The summed E-state index contributed by atoms with van der Waals surface area (Å²) in [6.45, 7) is 4.23. The lowest BCUT2D eigenvalue weighted by atomic mass is 10.2. The summed E-state index contributed by atoms with van der Waals surface area (Å²) >= 11 is 0. The largest absolute Gasteiger partial charge is 0.338 e. The molecule has 2 aromatic carbocycles. The Bertz CT molecular complexity index is 853. The molecule has 0 heterocycles. The molecular formula is C19H25N3O3S. The van der Waals surface area contributed by atoms with Crippen molar-refractivity contribution >= 4 is 21.6 Å². The molecule has 0 spiro atoms. The Morgan fingerprint density at radius 1 is 1.12 bits per heavy atom. The molecule has 26 heavy (non-hydrogen) atoms. The highest BCUT2D eigenvalue weighted by atomic mass is 32.2. The Morgan fingerprint density at radius 2 is 1.77 bits per heavy atom. The van der Waals surface area contributed by atoms with Gasteiger partial charge in [-0.3, -0.25) is 9.10 Å². The number of anilines is 1. The van der Waals surface area contributed by atoms with E-state index in [0.29, 0.717) is 17.8 Å². The standard InChI is InChI=1S/C19H25N3O3S/c1-4-22(17-10-6-5-7-11-17)26(24,25)18-12-8-9-16(13-18)19(23)21(3)15(2)14-20/h5-13,15H,4,14,20H2,1-3H3. The fourth-order valence-electron chi connectivity index (χ4n) is 2.56. The summed E-state index contributed by atoms with van der Waals surface area (Å²) in [5, 5.41) is 0. The first-order valence-corrected chi connectivity index (χ1v) is 9.92. The van der Waals surface area contributed by atoms with Crippen molar-refractivity contribution in [1.82, 2.24) is 4.90 Å². The lowest BCUT2D eigenvalue weighted by Crippen LogP contribution is -2.39. The Morgan fingerprint density at radius 3 is 2.35 bits per heavy atom. The van der Waals surface area contributed by atoms with Crippen LogP contribution in [-0.4, -0.2) is 45.4 Å². The zero-order valence-corrected chi connectivity index (χ0v) is 16.1. The summed E-state index contributed by atoms with van der Waals surface area (Å²) in [5.74, 6) is -0.261. The van der Waals surface area contributed by atoms with E-state index >= 15 is 0 Å². The van der Waals surface area contributed by atoms with Gasteiger partial charge in [-0.25, -0.2) is 8.42 Å². The molecule has 0 aliphatic rings. The van der Waals surface area contributed by atoms with Gasteiger partial charge in [0.2, 0.25) is 0 Å². The van der Waals surface area contributed by atoms with Crippen LogP contribution in [0, 0.1) is 0 Å². The third-order valence-electron chi connectivity index (χ3n) is 4.32. The van der Waals surface area contributed by atoms with Crippen LogP contribution in [0.5, 0.6) is 0 Å². The minimum absolute atomic E-state index is 0.0860. The molecule has 0 saturated carbocycles. The molecule has 1 amide bonds. The predicted octanol–water partition coefficient (Wildman–Crippen LogP) is 2.32. The van der Waals surface area contributed by atoms with Gasteiger partial charge in [0.25, 0.3) is 15.9 Å². The molecule has 0 aliphatic heterocycles. The third-order valence-corrected chi connectivity index (χ3v) is 6.22. The fourth-order valence-corrected chi connectivity index (χ4v) is 4.08. The molecular weight excluding hydrogens is 350 g/mol. The molecule has 7 heteroatoms. The summed E-state index contributed by atoms with van der Waals surface area (Å²) in [4.78, 5) is 14.2. The highest BCUT2D eigenvalue weighted by Crippen LogP contribution is 2.24. The highest BCUT2D eigenvalue weighted by Gasteiger charge is 2.25. The third kappa shape index (κ3) is 4.05. The highest BCUT2D eigenvalue weighted by molar-refractivity contribution is 7.92. The fraction of sp³-hybridized carbons (Fsp3) is 0.316. The number of hydrogen-bond donors (Lipinski definition) is 1. The molecule has 0 saturated heterocycles. The van der Waals surface area contributed by atoms with E-state index in [0.717, 1.165) is 0 Å². The normalized spacial score (nSPS) is 12.5. The van der Waals surface area contributed by atoms with Gasteiger partial charge in [-0.15, -0.1) is 0 Å². The summed E-state index contributed by atoms with van der Waals surface area (Å²) in [6.07, 6.45) is 0. The molecule has 0 aliphatic carbocycles. The van der Waals surface area contributed by atoms with Crippen LogP contribution < -0.4 is 10.0 Å². The van der Waals surface area contributed by atoms with Crippen LogP contribution in [-0.2, 0) is 10.0 Å². The maximum Gasteiger partial charge on any atom is 0.264 e. The van der Waals surface area contributed by atoms with Gasteiger partial charge in [0, 0.05) is 31.7 Å². The van der Waals surface area contributed by atoms with Crippen molar-refractivity contribution in [2.24, 2.45) is 5.73 Å². The van der Waals surface area contributed by atoms with E-state index in [1.54, 1.807) is 50.4 Å². The maximum absolute atomic E-state index is 13.1. The Labute approximate surface area is 155 Å². The van der Waals surface area contributed by atoms with Gasteiger partial charge >= 0.3 is 0 Å². The van der Waals surface area contributed by atoms with Gasteiger partial charge in [0.15, 0.2) is 0 Å². The molecule has 2 rings (SSSR count). The summed E-state index contributed by atoms with van der Waals surface area (Å²) in [5.41, 5.74) is 6.52. The molecule has 0 fully saturated rings. The van der Waals surface area contributed by atoms with E-state index in [1.165, 1.54) is 21.3 Å². The van der Waals surface area contributed by atoms with Crippen molar-refractivity contribution in [3.63, 3.8) is 0 Å². The van der Waals surface area contributed by atoms with Gasteiger partial charge < -0.3 is 10.6 Å². The number of likely N-dealkylation sites (N-methyl/N-ethyl adjacent to an activating group) is 1. The second-order valence-corrected chi connectivity index (χ2v) is 7.90. The molecule has 0 bridgehead atoms. The van der Waals surface area contributed by atoms with Crippen molar-refractivity contribution in [1.29, 1.82) is 0 Å². The van der Waals surface area contributed by atoms with Crippen LogP contribution in [0.4, 0.5) is 5.69 Å². The zero-order valence-electron chi connectivity index (χ0n) is 15.3. The van der Waals surface area contributed by atoms with E-state index in [4.69, 9.17) is 5.73 Å². The van der Waals surface area contributed by atoms with Crippen molar-refractivity contribution in [2.45, 2.75) is 24.8 Å².